The molecule has 4 nitrogen and oxygen atoms in total. The molecule has 0 unspecified atom stereocenters. The second kappa shape index (κ2) is 3.79. The molecule has 0 aliphatic carbocycles. The first-order chi connectivity index (χ1) is 6.42. The van der Waals surface area contributed by atoms with Gasteiger partial charge < -0.3 is 0 Å². The van der Waals surface area contributed by atoms with E-state index in [2.05, 4.69) is 4.72 Å². The lowest BCUT2D eigenvalue weighted by Gasteiger charge is -2.07. The maximum atomic E-state index is 11.0. The molecular weight excluding hydrogens is 202 g/mol. The van der Waals surface area contributed by atoms with Gasteiger partial charge in [0.2, 0.25) is 10.0 Å². The lowest BCUT2D eigenvalue weighted by molar-refractivity contribution is 0.112. The zero-order valence-electron chi connectivity index (χ0n) is 7.94. The molecule has 0 aliphatic heterocycles. The topological polar surface area (TPSA) is 63.2 Å². The Morgan fingerprint density at radius 2 is 2.00 bits per heavy atom. The molecule has 14 heavy (non-hydrogen) atoms. The number of sulfonamides is 1. The largest absolute Gasteiger partial charge is 0.298 e. The van der Waals surface area contributed by atoms with Gasteiger partial charge in [-0.15, -0.1) is 0 Å². The lowest BCUT2D eigenvalue weighted by Crippen LogP contribution is -2.10. The number of anilines is 1. The molecule has 76 valence electrons. The van der Waals surface area contributed by atoms with E-state index in [-0.39, 0.29) is 0 Å². The summed E-state index contributed by atoms with van der Waals surface area (Å²) in [5.41, 5.74) is 1.67. The summed E-state index contributed by atoms with van der Waals surface area (Å²) in [5.74, 6) is 0. The van der Waals surface area contributed by atoms with Crippen molar-refractivity contribution in [2.75, 3.05) is 11.0 Å². The van der Waals surface area contributed by atoms with Crippen molar-refractivity contribution in [3.63, 3.8) is 0 Å². The minimum Gasteiger partial charge on any atom is -0.298 e. The van der Waals surface area contributed by atoms with Crippen molar-refractivity contribution in [3.05, 3.63) is 29.3 Å². The van der Waals surface area contributed by atoms with Gasteiger partial charge in [0, 0.05) is 5.56 Å². The Balaban J connectivity index is 3.13. The highest BCUT2D eigenvalue weighted by Crippen LogP contribution is 2.16. The number of benzene rings is 1. The molecule has 0 saturated heterocycles. The first-order valence-corrected chi connectivity index (χ1v) is 5.85. The summed E-state index contributed by atoms with van der Waals surface area (Å²) in [4.78, 5) is 10.5. The zero-order chi connectivity index (χ0) is 10.8. The third-order valence-electron chi connectivity index (χ3n) is 1.69. The number of hydrogen-bond acceptors (Lipinski definition) is 3. The summed E-state index contributed by atoms with van der Waals surface area (Å²) in [6.45, 7) is 1.77. The molecule has 1 aromatic rings. The number of nitrogens with one attached hydrogen (secondary N) is 1. The Bertz CT molecular complexity index is 451. The minimum atomic E-state index is -3.29. The zero-order valence-corrected chi connectivity index (χ0v) is 8.76. The van der Waals surface area contributed by atoms with E-state index in [0.29, 0.717) is 17.5 Å². The maximum Gasteiger partial charge on any atom is 0.229 e. The second-order valence-corrected chi connectivity index (χ2v) is 4.81. The van der Waals surface area contributed by atoms with E-state index in [1.807, 2.05) is 0 Å². The molecule has 1 N–H and O–H groups in total. The van der Waals surface area contributed by atoms with E-state index in [1.54, 1.807) is 19.1 Å². The number of rotatable bonds is 3. The van der Waals surface area contributed by atoms with Crippen LogP contribution in [-0.4, -0.2) is 21.0 Å². The van der Waals surface area contributed by atoms with Gasteiger partial charge in [0.25, 0.3) is 0 Å². The van der Waals surface area contributed by atoms with Crippen LogP contribution in [0, 0.1) is 6.92 Å². The van der Waals surface area contributed by atoms with Gasteiger partial charge in [0.1, 0.15) is 6.29 Å². The van der Waals surface area contributed by atoms with Crippen LogP contribution in [-0.2, 0) is 10.0 Å². The van der Waals surface area contributed by atoms with Crippen LogP contribution in [0.15, 0.2) is 18.2 Å². The standard InChI is InChI=1S/C9H11NO3S/c1-7-3-4-8(6-11)5-9(7)10-14(2,12)13/h3-6,10H,1-2H3. The van der Waals surface area contributed by atoms with Gasteiger partial charge in [-0.05, 0) is 18.6 Å². The molecule has 0 fully saturated rings. The van der Waals surface area contributed by atoms with Crippen molar-refractivity contribution < 1.29 is 13.2 Å². The monoisotopic (exact) mass is 213 g/mol. The van der Waals surface area contributed by atoms with E-state index in [4.69, 9.17) is 0 Å². The molecule has 1 aromatic carbocycles. The van der Waals surface area contributed by atoms with Crippen LogP contribution >= 0.6 is 0 Å². The van der Waals surface area contributed by atoms with Crippen molar-refractivity contribution in [1.29, 1.82) is 0 Å². The molecule has 0 saturated carbocycles. The number of carbonyl (C=O) groups excluding carboxylic acids is 1. The van der Waals surface area contributed by atoms with Crippen LogP contribution in [0.3, 0.4) is 0 Å². The molecular formula is C9H11NO3S. The van der Waals surface area contributed by atoms with Gasteiger partial charge in [-0.3, -0.25) is 9.52 Å². The molecule has 0 aromatic heterocycles. The van der Waals surface area contributed by atoms with Gasteiger partial charge >= 0.3 is 0 Å². The third-order valence-corrected chi connectivity index (χ3v) is 2.28. The summed E-state index contributed by atoms with van der Waals surface area (Å²) in [5, 5.41) is 0. The predicted octanol–water partition coefficient (Wildman–Crippen LogP) is 1.18. The Kier molecular flexibility index (Phi) is 2.90. The van der Waals surface area contributed by atoms with Gasteiger partial charge in [-0.25, -0.2) is 8.42 Å². The number of aryl methyl sites for hydroxylation is 1. The first-order valence-electron chi connectivity index (χ1n) is 3.96. The maximum absolute atomic E-state index is 11.0. The van der Waals surface area contributed by atoms with E-state index in [9.17, 15) is 13.2 Å². The van der Waals surface area contributed by atoms with E-state index in [1.165, 1.54) is 6.07 Å². The first kappa shape index (κ1) is 10.7. The average molecular weight is 213 g/mol. The van der Waals surface area contributed by atoms with Crippen LogP contribution in [0.4, 0.5) is 5.69 Å². The van der Waals surface area contributed by atoms with Gasteiger partial charge in [-0.2, -0.15) is 0 Å². The van der Waals surface area contributed by atoms with E-state index in [0.717, 1.165) is 11.8 Å². The smallest absolute Gasteiger partial charge is 0.229 e. The fourth-order valence-electron chi connectivity index (χ4n) is 1.02. The Morgan fingerprint density at radius 1 is 1.36 bits per heavy atom. The molecule has 0 aliphatic rings. The highest BCUT2D eigenvalue weighted by atomic mass is 32.2. The van der Waals surface area contributed by atoms with Crippen molar-refractivity contribution in [3.8, 4) is 0 Å². The number of aldehydes is 1. The van der Waals surface area contributed by atoms with Gasteiger partial charge in [0.05, 0.1) is 11.9 Å². The molecule has 1 rings (SSSR count). The van der Waals surface area contributed by atoms with E-state index >= 15 is 0 Å². The summed E-state index contributed by atoms with van der Waals surface area (Å²) < 4.78 is 24.2. The highest BCUT2D eigenvalue weighted by molar-refractivity contribution is 7.92. The summed E-state index contributed by atoms with van der Waals surface area (Å²) in [6.07, 6.45) is 1.74. The van der Waals surface area contributed by atoms with Crippen LogP contribution in [0.1, 0.15) is 15.9 Å². The number of carbonyl (C=O) groups is 1. The van der Waals surface area contributed by atoms with Crippen LogP contribution in [0.25, 0.3) is 0 Å². The SMILES string of the molecule is Cc1ccc(C=O)cc1NS(C)(=O)=O. The lowest BCUT2D eigenvalue weighted by atomic mass is 10.1. The fourth-order valence-corrected chi connectivity index (χ4v) is 1.64. The Morgan fingerprint density at radius 3 is 2.50 bits per heavy atom. The normalized spacial score (nSPS) is 11.0. The highest BCUT2D eigenvalue weighted by Gasteiger charge is 2.05. The molecule has 5 heteroatoms. The molecule has 0 spiro atoms. The summed E-state index contributed by atoms with van der Waals surface area (Å²) in [6, 6.07) is 4.83. The van der Waals surface area contributed by atoms with Crippen molar-refractivity contribution in [2.24, 2.45) is 0 Å². The van der Waals surface area contributed by atoms with Gasteiger partial charge in [0.15, 0.2) is 0 Å². The molecule has 0 atom stereocenters. The van der Waals surface area contributed by atoms with Crippen molar-refractivity contribution in [2.45, 2.75) is 6.92 Å². The van der Waals surface area contributed by atoms with Crippen LogP contribution in [0.5, 0.6) is 0 Å². The quantitative estimate of drug-likeness (QED) is 0.767. The van der Waals surface area contributed by atoms with E-state index < -0.39 is 10.0 Å². The summed E-state index contributed by atoms with van der Waals surface area (Å²) >= 11 is 0. The second-order valence-electron chi connectivity index (χ2n) is 3.07. The molecule has 0 heterocycles. The summed E-state index contributed by atoms with van der Waals surface area (Å²) in [7, 11) is -3.29. The van der Waals surface area contributed by atoms with Crippen LogP contribution in [0.2, 0.25) is 0 Å². The molecule has 0 bridgehead atoms. The average Bonchev–Trinajstić information content (AvgIpc) is 2.06. The Hall–Kier alpha value is -1.36. The molecule has 0 radical (unpaired) electrons. The number of hydrogen-bond donors (Lipinski definition) is 1. The fraction of sp³-hybridized carbons (Fsp3) is 0.222. The Labute approximate surface area is 83.0 Å². The minimum absolute atomic E-state index is 0.442. The third kappa shape index (κ3) is 2.85. The predicted molar refractivity (Wildman–Crippen MR) is 55.0 cm³/mol. The van der Waals surface area contributed by atoms with Crippen molar-refractivity contribution >= 4 is 22.0 Å². The molecule has 0 amide bonds. The van der Waals surface area contributed by atoms with Crippen LogP contribution < -0.4 is 4.72 Å². The van der Waals surface area contributed by atoms with Gasteiger partial charge in [-0.1, -0.05) is 12.1 Å². The van der Waals surface area contributed by atoms with Crippen molar-refractivity contribution in [1.82, 2.24) is 0 Å².